The van der Waals surface area contributed by atoms with Gasteiger partial charge >= 0.3 is 0 Å². The van der Waals surface area contributed by atoms with Gasteiger partial charge in [-0.05, 0) is 31.6 Å². The van der Waals surface area contributed by atoms with Crippen LogP contribution in [-0.2, 0) is 6.42 Å². The molecule has 2 rings (SSSR count). The predicted molar refractivity (Wildman–Crippen MR) is 71.0 cm³/mol. The highest BCUT2D eigenvalue weighted by molar-refractivity contribution is 7.71. The number of aromatic nitrogens is 2. The molecule has 0 bridgehead atoms. The highest BCUT2D eigenvalue weighted by atomic mass is 32.1. The first-order valence-corrected chi connectivity index (χ1v) is 5.84. The van der Waals surface area contributed by atoms with Crippen molar-refractivity contribution in [3.05, 3.63) is 61.8 Å². The third-order valence-electron chi connectivity index (χ3n) is 2.75. The zero-order valence-electron chi connectivity index (χ0n) is 9.83. The maximum Gasteiger partial charge on any atom is 0.254 e. The number of hydrogen-bond donors (Lipinski definition) is 2. The summed E-state index contributed by atoms with van der Waals surface area (Å²) in [5, 5.41) is 0. The Hall–Kier alpha value is -1.68. The molecule has 0 aliphatic rings. The van der Waals surface area contributed by atoms with Gasteiger partial charge in [0.15, 0.2) is 4.77 Å². The summed E-state index contributed by atoms with van der Waals surface area (Å²) in [7, 11) is 0. The van der Waals surface area contributed by atoms with E-state index in [1.54, 1.807) is 6.92 Å². The molecule has 1 aromatic heterocycles. The lowest BCUT2D eigenvalue weighted by molar-refractivity contribution is 0.952. The maximum absolute atomic E-state index is 11.6. The largest absolute Gasteiger partial charge is 0.335 e. The van der Waals surface area contributed by atoms with Crippen molar-refractivity contribution in [3.63, 3.8) is 0 Å². The molecule has 0 amide bonds. The van der Waals surface area contributed by atoms with Gasteiger partial charge in [-0.3, -0.25) is 9.78 Å². The second-order valence-corrected chi connectivity index (χ2v) is 4.59. The molecule has 0 radical (unpaired) electrons. The Bertz CT molecular complexity index is 655. The summed E-state index contributed by atoms with van der Waals surface area (Å²) in [6.07, 6.45) is 0.696. The van der Waals surface area contributed by atoms with E-state index in [1.807, 2.05) is 12.1 Å². The molecule has 3 nitrogen and oxygen atoms in total. The van der Waals surface area contributed by atoms with Gasteiger partial charge in [-0.15, -0.1) is 0 Å². The zero-order chi connectivity index (χ0) is 12.4. The Labute approximate surface area is 105 Å². The zero-order valence-corrected chi connectivity index (χ0v) is 10.6. The number of rotatable bonds is 2. The minimum Gasteiger partial charge on any atom is -0.335 e. The molecule has 2 aromatic rings. The number of hydrogen-bond acceptors (Lipinski definition) is 2. The van der Waals surface area contributed by atoms with Crippen molar-refractivity contribution in [1.82, 2.24) is 9.97 Å². The monoisotopic (exact) mass is 246 g/mol. The molecule has 0 atom stereocenters. The van der Waals surface area contributed by atoms with Crippen molar-refractivity contribution in [2.45, 2.75) is 20.3 Å². The standard InChI is InChI=1S/C13H14N2OS/c1-8-4-3-5-10(6-8)7-11-9(2)12(16)15-13(17)14-11/h3-6H,7H2,1-2H3,(H2,14,15,16,17). The van der Waals surface area contributed by atoms with Crippen molar-refractivity contribution < 1.29 is 0 Å². The fourth-order valence-electron chi connectivity index (χ4n) is 1.80. The number of aryl methyl sites for hydroxylation is 1. The quantitative estimate of drug-likeness (QED) is 0.800. The van der Waals surface area contributed by atoms with Crippen LogP contribution in [0.15, 0.2) is 29.1 Å². The molecule has 17 heavy (non-hydrogen) atoms. The van der Waals surface area contributed by atoms with Gasteiger partial charge in [-0.1, -0.05) is 29.8 Å². The van der Waals surface area contributed by atoms with Crippen LogP contribution in [0.1, 0.15) is 22.4 Å². The van der Waals surface area contributed by atoms with E-state index in [2.05, 4.69) is 29.0 Å². The topological polar surface area (TPSA) is 48.6 Å². The third kappa shape index (κ3) is 2.71. The van der Waals surface area contributed by atoms with Gasteiger partial charge < -0.3 is 4.98 Å². The predicted octanol–water partition coefficient (Wildman–Crippen LogP) is 2.64. The number of nitrogens with one attached hydrogen (secondary N) is 2. The molecule has 0 unspecified atom stereocenters. The van der Waals surface area contributed by atoms with Gasteiger partial charge in [0.05, 0.1) is 0 Å². The maximum atomic E-state index is 11.6. The van der Waals surface area contributed by atoms with E-state index in [9.17, 15) is 4.79 Å². The van der Waals surface area contributed by atoms with Gasteiger partial charge in [0.1, 0.15) is 0 Å². The molecule has 0 aliphatic carbocycles. The SMILES string of the molecule is Cc1cccc(Cc2[nH]c(=S)[nH]c(=O)c2C)c1. The number of aromatic amines is 2. The second kappa shape index (κ2) is 4.67. The molecular weight excluding hydrogens is 232 g/mol. The highest BCUT2D eigenvalue weighted by Gasteiger charge is 2.04. The van der Waals surface area contributed by atoms with Gasteiger partial charge in [-0.2, -0.15) is 0 Å². The molecule has 1 aromatic carbocycles. The minimum atomic E-state index is -0.114. The summed E-state index contributed by atoms with van der Waals surface area (Å²) in [4.78, 5) is 17.2. The van der Waals surface area contributed by atoms with Crippen LogP contribution in [0.4, 0.5) is 0 Å². The molecule has 88 valence electrons. The van der Waals surface area contributed by atoms with E-state index < -0.39 is 0 Å². The smallest absolute Gasteiger partial charge is 0.254 e. The Balaban J connectivity index is 2.43. The average molecular weight is 246 g/mol. The fourth-order valence-corrected chi connectivity index (χ4v) is 2.01. The van der Waals surface area contributed by atoms with Gasteiger partial charge in [-0.25, -0.2) is 0 Å². The first-order valence-electron chi connectivity index (χ1n) is 5.44. The summed E-state index contributed by atoms with van der Waals surface area (Å²) in [6, 6.07) is 8.22. The van der Waals surface area contributed by atoms with E-state index in [4.69, 9.17) is 12.2 Å². The van der Waals surface area contributed by atoms with Crippen LogP contribution in [0, 0.1) is 18.6 Å². The molecule has 4 heteroatoms. The lowest BCUT2D eigenvalue weighted by Crippen LogP contribution is -2.15. The molecule has 0 fully saturated rings. The highest BCUT2D eigenvalue weighted by Crippen LogP contribution is 2.10. The number of H-pyrrole nitrogens is 2. The Morgan fingerprint density at radius 3 is 2.71 bits per heavy atom. The van der Waals surface area contributed by atoms with Crippen molar-refractivity contribution in [3.8, 4) is 0 Å². The van der Waals surface area contributed by atoms with Crippen molar-refractivity contribution in [2.24, 2.45) is 0 Å². The summed E-state index contributed by atoms with van der Waals surface area (Å²) < 4.78 is 0.378. The van der Waals surface area contributed by atoms with Crippen LogP contribution in [0.5, 0.6) is 0 Å². The van der Waals surface area contributed by atoms with E-state index in [0.717, 1.165) is 5.69 Å². The van der Waals surface area contributed by atoms with Crippen LogP contribution in [0.3, 0.4) is 0 Å². The van der Waals surface area contributed by atoms with Gasteiger partial charge in [0, 0.05) is 17.7 Å². The summed E-state index contributed by atoms with van der Waals surface area (Å²) in [6.45, 7) is 3.85. The molecular formula is C13H14N2OS. The molecule has 0 aliphatic heterocycles. The average Bonchev–Trinajstić information content (AvgIpc) is 2.25. The number of benzene rings is 1. The van der Waals surface area contributed by atoms with Crippen LogP contribution in [0.2, 0.25) is 0 Å². The molecule has 0 saturated heterocycles. The van der Waals surface area contributed by atoms with Crippen LogP contribution in [0.25, 0.3) is 0 Å². The summed E-state index contributed by atoms with van der Waals surface area (Å²) in [5.41, 5.74) is 3.84. The van der Waals surface area contributed by atoms with Crippen molar-refractivity contribution in [1.29, 1.82) is 0 Å². The van der Waals surface area contributed by atoms with E-state index in [0.29, 0.717) is 16.8 Å². The summed E-state index contributed by atoms with van der Waals surface area (Å²) in [5.74, 6) is 0. The molecule has 0 spiro atoms. The van der Waals surface area contributed by atoms with Gasteiger partial charge in [0.25, 0.3) is 5.56 Å². The Morgan fingerprint density at radius 2 is 2.00 bits per heavy atom. The Morgan fingerprint density at radius 1 is 1.24 bits per heavy atom. The summed E-state index contributed by atoms with van der Waals surface area (Å²) >= 11 is 4.98. The van der Waals surface area contributed by atoms with E-state index in [-0.39, 0.29) is 5.56 Å². The van der Waals surface area contributed by atoms with Crippen LogP contribution >= 0.6 is 12.2 Å². The lowest BCUT2D eigenvalue weighted by Gasteiger charge is -2.06. The third-order valence-corrected chi connectivity index (χ3v) is 2.95. The van der Waals surface area contributed by atoms with E-state index >= 15 is 0 Å². The van der Waals surface area contributed by atoms with Crippen molar-refractivity contribution in [2.75, 3.05) is 0 Å². The molecule has 0 saturated carbocycles. The molecule has 1 heterocycles. The van der Waals surface area contributed by atoms with Crippen molar-refractivity contribution >= 4 is 12.2 Å². The van der Waals surface area contributed by atoms with Crippen LogP contribution in [-0.4, -0.2) is 9.97 Å². The minimum absolute atomic E-state index is 0.114. The van der Waals surface area contributed by atoms with E-state index in [1.165, 1.54) is 11.1 Å². The first-order chi connectivity index (χ1) is 8.06. The van der Waals surface area contributed by atoms with Gasteiger partial charge in [0.2, 0.25) is 0 Å². The molecule has 2 N–H and O–H groups in total. The fraction of sp³-hybridized carbons (Fsp3) is 0.231. The normalized spacial score (nSPS) is 10.5. The lowest BCUT2D eigenvalue weighted by atomic mass is 10.0. The Kier molecular flexibility index (Phi) is 3.24. The van der Waals surface area contributed by atoms with Crippen LogP contribution < -0.4 is 5.56 Å². The first kappa shape index (κ1) is 11.8. The second-order valence-electron chi connectivity index (χ2n) is 4.18.